The number of rotatable bonds is 6. The number of aliphatic hydroxyl groups is 1. The predicted molar refractivity (Wildman–Crippen MR) is 83.7 cm³/mol. The Morgan fingerprint density at radius 1 is 1.24 bits per heavy atom. The molecule has 116 valence electrons. The molecule has 4 N–H and O–H groups in total. The van der Waals surface area contributed by atoms with Gasteiger partial charge in [0.2, 0.25) is 5.91 Å². The molecule has 4 nitrogen and oxygen atoms in total. The fourth-order valence-corrected chi connectivity index (χ4v) is 3.06. The maximum Gasteiger partial charge on any atom is 0.237 e. The Morgan fingerprint density at radius 2 is 1.90 bits per heavy atom. The second-order valence-electron chi connectivity index (χ2n) is 6.23. The third kappa shape index (κ3) is 4.55. The van der Waals surface area contributed by atoms with Crippen LogP contribution in [0.2, 0.25) is 0 Å². The van der Waals surface area contributed by atoms with Crippen molar-refractivity contribution < 1.29 is 9.90 Å². The van der Waals surface area contributed by atoms with Crippen LogP contribution in [0.15, 0.2) is 30.3 Å². The summed E-state index contributed by atoms with van der Waals surface area (Å²) in [7, 11) is 0. The first-order chi connectivity index (χ1) is 10.2. The van der Waals surface area contributed by atoms with Crippen LogP contribution in [0.1, 0.15) is 37.7 Å². The Kier molecular flexibility index (Phi) is 5.76. The van der Waals surface area contributed by atoms with Gasteiger partial charge in [-0.1, -0.05) is 49.6 Å². The van der Waals surface area contributed by atoms with Crippen molar-refractivity contribution in [2.24, 2.45) is 11.1 Å². The van der Waals surface area contributed by atoms with E-state index in [1.165, 1.54) is 6.42 Å². The minimum atomic E-state index is -0.535. The summed E-state index contributed by atoms with van der Waals surface area (Å²) in [5.41, 5.74) is 6.90. The Balaban J connectivity index is 1.83. The van der Waals surface area contributed by atoms with Crippen molar-refractivity contribution in [2.45, 2.75) is 44.6 Å². The fourth-order valence-electron chi connectivity index (χ4n) is 3.06. The Morgan fingerprint density at radius 3 is 2.52 bits per heavy atom. The van der Waals surface area contributed by atoms with Crippen LogP contribution < -0.4 is 11.1 Å². The van der Waals surface area contributed by atoms with Crippen molar-refractivity contribution in [1.82, 2.24) is 5.32 Å². The van der Waals surface area contributed by atoms with E-state index in [0.29, 0.717) is 13.0 Å². The monoisotopic (exact) mass is 290 g/mol. The smallest absolute Gasteiger partial charge is 0.237 e. The third-order valence-electron chi connectivity index (χ3n) is 4.52. The van der Waals surface area contributed by atoms with Gasteiger partial charge in [-0.2, -0.15) is 0 Å². The molecule has 1 amide bonds. The predicted octanol–water partition coefficient (Wildman–Crippen LogP) is 1.62. The number of nitrogens with two attached hydrogens (primary N) is 1. The number of hydrogen-bond acceptors (Lipinski definition) is 3. The molecule has 0 spiro atoms. The highest BCUT2D eigenvalue weighted by molar-refractivity contribution is 5.81. The van der Waals surface area contributed by atoms with Crippen molar-refractivity contribution in [3.05, 3.63) is 35.9 Å². The number of benzene rings is 1. The summed E-state index contributed by atoms with van der Waals surface area (Å²) < 4.78 is 0. The van der Waals surface area contributed by atoms with E-state index in [1.807, 2.05) is 30.3 Å². The Hall–Kier alpha value is -1.39. The molecular weight excluding hydrogens is 264 g/mol. The number of amides is 1. The topological polar surface area (TPSA) is 75.4 Å². The van der Waals surface area contributed by atoms with E-state index in [2.05, 4.69) is 5.32 Å². The van der Waals surface area contributed by atoms with Gasteiger partial charge in [-0.25, -0.2) is 0 Å². The second kappa shape index (κ2) is 7.57. The lowest BCUT2D eigenvalue weighted by Gasteiger charge is -2.35. The van der Waals surface area contributed by atoms with Crippen LogP contribution in [-0.4, -0.2) is 30.2 Å². The number of carbonyl (C=O) groups is 1. The lowest BCUT2D eigenvalue weighted by atomic mass is 9.74. The summed E-state index contributed by atoms with van der Waals surface area (Å²) in [6.45, 7) is 0.673. The molecule has 1 fully saturated rings. The molecule has 1 saturated carbocycles. The maximum absolute atomic E-state index is 12.1. The van der Waals surface area contributed by atoms with Gasteiger partial charge in [-0.3, -0.25) is 4.79 Å². The molecule has 0 aromatic heterocycles. The molecule has 0 unspecified atom stereocenters. The molecule has 21 heavy (non-hydrogen) atoms. The Bertz CT molecular complexity index is 441. The molecular formula is C17H26N2O2. The highest BCUT2D eigenvalue weighted by atomic mass is 16.3. The van der Waals surface area contributed by atoms with Gasteiger partial charge in [0.05, 0.1) is 12.6 Å². The number of aliphatic hydroxyl groups excluding tert-OH is 1. The van der Waals surface area contributed by atoms with Gasteiger partial charge in [0.1, 0.15) is 0 Å². The molecule has 1 aromatic carbocycles. The normalized spacial score (nSPS) is 19.0. The number of hydrogen-bond donors (Lipinski definition) is 3. The van der Waals surface area contributed by atoms with E-state index < -0.39 is 6.04 Å². The van der Waals surface area contributed by atoms with Crippen LogP contribution in [-0.2, 0) is 11.2 Å². The van der Waals surface area contributed by atoms with E-state index in [1.54, 1.807) is 0 Å². The molecule has 0 radical (unpaired) electrons. The van der Waals surface area contributed by atoms with E-state index in [0.717, 1.165) is 31.2 Å². The number of nitrogens with one attached hydrogen (secondary N) is 1. The fraction of sp³-hybridized carbons (Fsp3) is 0.588. The first-order valence-corrected chi connectivity index (χ1v) is 7.83. The molecule has 0 heterocycles. The molecule has 1 aromatic rings. The zero-order valence-electron chi connectivity index (χ0n) is 12.6. The van der Waals surface area contributed by atoms with Crippen molar-refractivity contribution in [3.63, 3.8) is 0 Å². The van der Waals surface area contributed by atoms with Crippen LogP contribution in [0.3, 0.4) is 0 Å². The first-order valence-electron chi connectivity index (χ1n) is 7.83. The van der Waals surface area contributed by atoms with E-state index in [4.69, 9.17) is 5.73 Å². The summed E-state index contributed by atoms with van der Waals surface area (Å²) in [5.74, 6) is -0.128. The highest BCUT2D eigenvalue weighted by Crippen LogP contribution is 2.35. The van der Waals surface area contributed by atoms with Gasteiger partial charge >= 0.3 is 0 Å². The molecule has 0 bridgehead atoms. The molecule has 1 aliphatic rings. The quantitative estimate of drug-likeness (QED) is 0.745. The molecule has 0 saturated heterocycles. The highest BCUT2D eigenvalue weighted by Gasteiger charge is 2.32. The van der Waals surface area contributed by atoms with E-state index in [-0.39, 0.29) is 17.9 Å². The average Bonchev–Trinajstić information content (AvgIpc) is 2.54. The second-order valence-corrected chi connectivity index (χ2v) is 6.23. The van der Waals surface area contributed by atoms with Gasteiger partial charge < -0.3 is 16.2 Å². The van der Waals surface area contributed by atoms with Crippen LogP contribution in [0, 0.1) is 5.41 Å². The van der Waals surface area contributed by atoms with Gasteiger partial charge in [0, 0.05) is 12.0 Å². The van der Waals surface area contributed by atoms with Gasteiger partial charge in [-0.15, -0.1) is 0 Å². The molecule has 0 aliphatic heterocycles. The van der Waals surface area contributed by atoms with E-state index >= 15 is 0 Å². The average molecular weight is 290 g/mol. The zero-order valence-corrected chi connectivity index (χ0v) is 12.6. The van der Waals surface area contributed by atoms with Crippen molar-refractivity contribution in [1.29, 1.82) is 0 Å². The van der Waals surface area contributed by atoms with Gasteiger partial charge in [0.25, 0.3) is 0 Å². The number of carbonyl (C=O) groups excluding carboxylic acids is 1. The molecule has 1 aliphatic carbocycles. The summed E-state index contributed by atoms with van der Waals surface area (Å²) in [4.78, 5) is 12.1. The van der Waals surface area contributed by atoms with E-state index in [9.17, 15) is 9.90 Å². The van der Waals surface area contributed by atoms with Crippen molar-refractivity contribution in [3.8, 4) is 0 Å². The standard InChI is InChI=1S/C17H26N2O2/c18-15(11-14-7-3-1-4-8-14)16(21)19-12-17(13-20)9-5-2-6-10-17/h1,3-4,7-8,15,20H,2,5-6,9-13,18H2,(H,19,21)/t15-/m1/s1. The van der Waals surface area contributed by atoms with Crippen LogP contribution in [0.4, 0.5) is 0 Å². The summed E-state index contributed by atoms with van der Waals surface area (Å²) in [6, 6.07) is 9.26. The molecule has 1 atom stereocenters. The van der Waals surface area contributed by atoms with Crippen molar-refractivity contribution >= 4 is 5.91 Å². The van der Waals surface area contributed by atoms with Crippen LogP contribution >= 0.6 is 0 Å². The van der Waals surface area contributed by atoms with Crippen LogP contribution in [0.5, 0.6) is 0 Å². The third-order valence-corrected chi connectivity index (χ3v) is 4.52. The maximum atomic E-state index is 12.1. The zero-order chi connectivity index (χ0) is 15.1. The van der Waals surface area contributed by atoms with Gasteiger partial charge in [-0.05, 0) is 24.8 Å². The SMILES string of the molecule is N[C@H](Cc1ccccc1)C(=O)NCC1(CO)CCCCC1. The Labute approximate surface area is 126 Å². The molecule has 2 rings (SSSR count). The lowest BCUT2D eigenvalue weighted by molar-refractivity contribution is -0.123. The van der Waals surface area contributed by atoms with Crippen LogP contribution in [0.25, 0.3) is 0 Å². The van der Waals surface area contributed by atoms with Crippen molar-refractivity contribution in [2.75, 3.05) is 13.2 Å². The first kappa shape index (κ1) is 16.0. The largest absolute Gasteiger partial charge is 0.396 e. The van der Waals surface area contributed by atoms with Gasteiger partial charge in [0.15, 0.2) is 0 Å². The lowest BCUT2D eigenvalue weighted by Crippen LogP contribution is -2.47. The molecule has 4 heteroatoms. The minimum Gasteiger partial charge on any atom is -0.396 e. The summed E-state index contributed by atoms with van der Waals surface area (Å²) in [5, 5.41) is 12.6. The summed E-state index contributed by atoms with van der Waals surface area (Å²) >= 11 is 0. The minimum absolute atomic E-state index is 0.128. The summed E-state index contributed by atoms with van der Waals surface area (Å²) in [6.07, 6.45) is 6.00.